The first-order valence-electron chi connectivity index (χ1n) is 5.60. The van der Waals surface area contributed by atoms with Gasteiger partial charge in [0.1, 0.15) is 5.78 Å². The van der Waals surface area contributed by atoms with Gasteiger partial charge in [-0.1, -0.05) is 23.7 Å². The number of halogens is 1. The predicted octanol–water partition coefficient (Wildman–Crippen LogP) is 3.14. The summed E-state index contributed by atoms with van der Waals surface area (Å²) in [5.74, 6) is 0.788. The fraction of sp³-hybridized carbons (Fsp3) is 0.462. The van der Waals surface area contributed by atoms with E-state index in [2.05, 4.69) is 11.8 Å². The van der Waals surface area contributed by atoms with E-state index >= 15 is 0 Å². The lowest BCUT2D eigenvalue weighted by Gasteiger charge is -2.21. The lowest BCUT2D eigenvalue weighted by atomic mass is 9.83. The van der Waals surface area contributed by atoms with Crippen molar-refractivity contribution >= 4 is 17.4 Å². The summed E-state index contributed by atoms with van der Waals surface area (Å²) in [4.78, 5) is 11.3. The van der Waals surface area contributed by atoms with E-state index < -0.39 is 0 Å². The van der Waals surface area contributed by atoms with Crippen LogP contribution in [0.3, 0.4) is 0 Å². The average molecular weight is 240 g/mol. The summed E-state index contributed by atoms with van der Waals surface area (Å²) in [6.07, 6.45) is 3.60. The van der Waals surface area contributed by atoms with Crippen LogP contribution in [0.2, 0.25) is 5.02 Å². The molecule has 16 heavy (non-hydrogen) atoms. The fourth-order valence-corrected chi connectivity index (χ4v) is 2.27. The Morgan fingerprint density at radius 2 is 2.12 bits per heavy atom. The number of carbonyl (C=O) groups is 1. The van der Waals surface area contributed by atoms with Gasteiger partial charge in [0.15, 0.2) is 0 Å². The molecule has 1 saturated carbocycles. The van der Waals surface area contributed by atoms with Crippen LogP contribution in [0.1, 0.15) is 37.2 Å². The second kappa shape index (κ2) is 6.66. The zero-order valence-corrected chi connectivity index (χ0v) is 10.3. The SMILES string of the molecule is CN.O=C1CCCC(c2cccc(Cl)c2)C1. The lowest BCUT2D eigenvalue weighted by molar-refractivity contribution is -0.120. The summed E-state index contributed by atoms with van der Waals surface area (Å²) in [6.45, 7) is 0. The van der Waals surface area contributed by atoms with Gasteiger partial charge < -0.3 is 5.73 Å². The molecular formula is C13H18ClNO. The molecule has 2 nitrogen and oxygen atoms in total. The second-order valence-electron chi connectivity index (χ2n) is 3.89. The van der Waals surface area contributed by atoms with Crippen LogP contribution < -0.4 is 5.73 Å². The van der Waals surface area contributed by atoms with Crippen molar-refractivity contribution in [3.8, 4) is 0 Å². The Morgan fingerprint density at radius 3 is 2.75 bits per heavy atom. The van der Waals surface area contributed by atoms with Gasteiger partial charge in [-0.05, 0) is 43.5 Å². The van der Waals surface area contributed by atoms with Gasteiger partial charge in [-0.15, -0.1) is 0 Å². The van der Waals surface area contributed by atoms with E-state index in [0.717, 1.165) is 24.3 Å². The van der Waals surface area contributed by atoms with Crippen LogP contribution in [0, 0.1) is 0 Å². The fourth-order valence-electron chi connectivity index (χ4n) is 2.07. The highest BCUT2D eigenvalue weighted by molar-refractivity contribution is 6.30. The van der Waals surface area contributed by atoms with E-state index in [4.69, 9.17) is 11.6 Å². The molecule has 0 radical (unpaired) electrons. The number of hydrogen-bond donors (Lipinski definition) is 1. The van der Waals surface area contributed by atoms with Gasteiger partial charge in [0.2, 0.25) is 0 Å². The number of hydrogen-bond acceptors (Lipinski definition) is 2. The Kier molecular flexibility index (Phi) is 5.50. The maximum atomic E-state index is 11.3. The summed E-state index contributed by atoms with van der Waals surface area (Å²) in [7, 11) is 1.50. The molecule has 0 saturated heterocycles. The molecule has 88 valence electrons. The van der Waals surface area contributed by atoms with Gasteiger partial charge in [-0.2, -0.15) is 0 Å². The number of ketones is 1. The molecule has 0 aromatic heterocycles. The van der Waals surface area contributed by atoms with E-state index in [1.54, 1.807) is 0 Å². The van der Waals surface area contributed by atoms with Crippen LogP contribution >= 0.6 is 11.6 Å². The molecule has 1 aromatic rings. The number of benzene rings is 1. The topological polar surface area (TPSA) is 43.1 Å². The molecule has 2 N–H and O–H groups in total. The molecule has 0 heterocycles. The normalized spacial score (nSPS) is 19.9. The van der Waals surface area contributed by atoms with Gasteiger partial charge in [0.05, 0.1) is 0 Å². The third kappa shape index (κ3) is 3.62. The maximum absolute atomic E-state index is 11.3. The van der Waals surface area contributed by atoms with Gasteiger partial charge >= 0.3 is 0 Å². The molecular weight excluding hydrogens is 222 g/mol. The molecule has 1 fully saturated rings. The van der Waals surface area contributed by atoms with Crippen molar-refractivity contribution in [2.75, 3.05) is 7.05 Å². The van der Waals surface area contributed by atoms with E-state index in [-0.39, 0.29) is 0 Å². The molecule has 1 aromatic carbocycles. The van der Waals surface area contributed by atoms with Crippen molar-refractivity contribution in [1.29, 1.82) is 0 Å². The molecule has 2 rings (SSSR count). The smallest absolute Gasteiger partial charge is 0.133 e. The van der Waals surface area contributed by atoms with Crippen LogP contribution in [0.5, 0.6) is 0 Å². The van der Waals surface area contributed by atoms with Gasteiger partial charge in [0.25, 0.3) is 0 Å². The van der Waals surface area contributed by atoms with Crippen LogP contribution in [0.15, 0.2) is 24.3 Å². The Labute approximate surface area is 102 Å². The Balaban J connectivity index is 0.000000606. The minimum absolute atomic E-state index is 0.390. The van der Waals surface area contributed by atoms with Crippen LogP contribution in [0.25, 0.3) is 0 Å². The molecule has 1 unspecified atom stereocenters. The quantitative estimate of drug-likeness (QED) is 0.818. The van der Waals surface area contributed by atoms with E-state index in [0.29, 0.717) is 18.1 Å². The molecule has 1 aliphatic carbocycles. The third-order valence-electron chi connectivity index (χ3n) is 2.80. The molecule has 0 aliphatic heterocycles. The van der Waals surface area contributed by atoms with E-state index in [1.165, 1.54) is 12.6 Å². The number of Topliss-reactive ketones (excluding diaryl/α,β-unsaturated/α-hetero) is 1. The largest absolute Gasteiger partial charge is 0.333 e. The monoisotopic (exact) mass is 239 g/mol. The summed E-state index contributed by atoms with van der Waals surface area (Å²) in [6, 6.07) is 7.87. The molecule has 1 atom stereocenters. The molecule has 0 spiro atoms. The zero-order valence-electron chi connectivity index (χ0n) is 9.58. The second-order valence-corrected chi connectivity index (χ2v) is 4.32. The summed E-state index contributed by atoms with van der Waals surface area (Å²) < 4.78 is 0. The van der Waals surface area contributed by atoms with Gasteiger partial charge in [0, 0.05) is 17.9 Å². The van der Waals surface area contributed by atoms with Crippen molar-refractivity contribution in [2.24, 2.45) is 5.73 Å². The standard InChI is InChI=1S/C12H13ClO.CH5N/c13-11-5-1-3-9(7-11)10-4-2-6-12(14)8-10;1-2/h1,3,5,7,10H,2,4,6,8H2;2H2,1H3. The number of rotatable bonds is 1. The Hall–Kier alpha value is -0.860. The van der Waals surface area contributed by atoms with Crippen LogP contribution in [-0.4, -0.2) is 12.8 Å². The molecule has 0 amide bonds. The first-order chi connectivity index (χ1) is 7.75. The summed E-state index contributed by atoms with van der Waals surface area (Å²) >= 11 is 5.92. The Morgan fingerprint density at radius 1 is 1.38 bits per heavy atom. The van der Waals surface area contributed by atoms with Gasteiger partial charge in [-0.3, -0.25) is 4.79 Å². The molecule has 3 heteroatoms. The van der Waals surface area contributed by atoms with Crippen molar-refractivity contribution in [1.82, 2.24) is 0 Å². The average Bonchev–Trinajstić information content (AvgIpc) is 2.32. The highest BCUT2D eigenvalue weighted by atomic mass is 35.5. The van der Waals surface area contributed by atoms with E-state index in [9.17, 15) is 4.79 Å². The van der Waals surface area contributed by atoms with E-state index in [1.807, 2.05) is 18.2 Å². The lowest BCUT2D eigenvalue weighted by Crippen LogP contribution is -2.13. The molecule has 0 bridgehead atoms. The van der Waals surface area contributed by atoms with Crippen LogP contribution in [0.4, 0.5) is 0 Å². The number of nitrogens with two attached hydrogens (primary N) is 1. The van der Waals surface area contributed by atoms with Crippen molar-refractivity contribution in [2.45, 2.75) is 31.6 Å². The predicted molar refractivity (Wildman–Crippen MR) is 67.8 cm³/mol. The zero-order chi connectivity index (χ0) is 12.0. The van der Waals surface area contributed by atoms with Crippen molar-refractivity contribution in [3.05, 3.63) is 34.9 Å². The van der Waals surface area contributed by atoms with Crippen LogP contribution in [-0.2, 0) is 4.79 Å². The van der Waals surface area contributed by atoms with Gasteiger partial charge in [-0.25, -0.2) is 0 Å². The maximum Gasteiger partial charge on any atom is 0.133 e. The summed E-state index contributed by atoms with van der Waals surface area (Å²) in [5, 5.41) is 0.764. The first kappa shape index (κ1) is 13.2. The highest BCUT2D eigenvalue weighted by Gasteiger charge is 2.20. The van der Waals surface area contributed by atoms with Crippen molar-refractivity contribution in [3.63, 3.8) is 0 Å². The first-order valence-corrected chi connectivity index (χ1v) is 5.98. The number of carbonyl (C=O) groups excluding carboxylic acids is 1. The Bertz CT molecular complexity index is 352. The highest BCUT2D eigenvalue weighted by Crippen LogP contribution is 2.31. The minimum Gasteiger partial charge on any atom is -0.333 e. The minimum atomic E-state index is 0.390. The molecule has 1 aliphatic rings. The third-order valence-corrected chi connectivity index (χ3v) is 3.04. The summed E-state index contributed by atoms with van der Waals surface area (Å²) in [5.41, 5.74) is 5.71. The van der Waals surface area contributed by atoms with Crippen molar-refractivity contribution < 1.29 is 4.79 Å².